The molecule has 1 heterocycles. The Bertz CT molecular complexity index is 785. The van der Waals surface area contributed by atoms with Crippen molar-refractivity contribution in [1.29, 1.82) is 0 Å². The molecule has 0 aliphatic carbocycles. The zero-order chi connectivity index (χ0) is 25.4. The Morgan fingerprint density at radius 3 is 2.14 bits per heavy atom. The molecule has 0 aromatic heterocycles. The number of rotatable bonds is 20. The van der Waals surface area contributed by atoms with E-state index in [0.717, 1.165) is 32.4 Å². The van der Waals surface area contributed by atoms with E-state index in [2.05, 4.69) is 36.9 Å². The van der Waals surface area contributed by atoms with Gasteiger partial charge in [0.05, 0.1) is 6.61 Å². The van der Waals surface area contributed by atoms with E-state index < -0.39 is 16.5 Å². The molecule has 0 saturated carbocycles. The maximum absolute atomic E-state index is 11.5. The first-order valence-electron chi connectivity index (χ1n) is 13.9. The van der Waals surface area contributed by atoms with Crippen LogP contribution in [0.4, 0.5) is 0 Å². The highest BCUT2D eigenvalue weighted by Gasteiger charge is 2.24. The zero-order valence-corrected chi connectivity index (χ0v) is 22.9. The van der Waals surface area contributed by atoms with Crippen molar-refractivity contribution in [2.24, 2.45) is 5.92 Å². The van der Waals surface area contributed by atoms with Gasteiger partial charge in [-0.25, -0.2) is 4.18 Å². The third kappa shape index (κ3) is 13.8. The lowest BCUT2D eigenvalue weighted by atomic mass is 9.95. The molecule has 35 heavy (non-hydrogen) atoms. The van der Waals surface area contributed by atoms with Gasteiger partial charge in [0.15, 0.2) is 0 Å². The standard InChI is InChI=1S/C28H49NO5S/c1-3-5-7-9-10-12-16-25(15-11-8-6-4-2)23-33-24-28(34-35(30,31)32)22-29-20-19-26-17-13-14-18-27(26)21-29/h13-14,17-18,25,28H,3-12,15-16,19-24H2,1-2H3,(H,30,31,32). The fourth-order valence-electron chi connectivity index (χ4n) is 5.03. The third-order valence-electron chi connectivity index (χ3n) is 7.02. The summed E-state index contributed by atoms with van der Waals surface area (Å²) in [5.41, 5.74) is 2.60. The van der Waals surface area contributed by atoms with Gasteiger partial charge in [0.2, 0.25) is 0 Å². The molecule has 0 fully saturated rings. The average molecular weight is 512 g/mol. The Labute approximate surface area is 214 Å². The van der Waals surface area contributed by atoms with Crippen molar-refractivity contribution in [2.45, 2.75) is 110 Å². The fourth-order valence-corrected chi connectivity index (χ4v) is 5.49. The van der Waals surface area contributed by atoms with Crippen LogP contribution in [0.5, 0.6) is 0 Å². The third-order valence-corrected chi connectivity index (χ3v) is 7.53. The van der Waals surface area contributed by atoms with Crippen LogP contribution in [0.15, 0.2) is 24.3 Å². The molecule has 0 radical (unpaired) electrons. The summed E-state index contributed by atoms with van der Waals surface area (Å²) in [6, 6.07) is 8.34. The Kier molecular flexibility index (Phi) is 15.1. The summed E-state index contributed by atoms with van der Waals surface area (Å²) in [5.74, 6) is 0.492. The first-order valence-corrected chi connectivity index (χ1v) is 15.3. The van der Waals surface area contributed by atoms with Gasteiger partial charge in [-0.05, 0) is 36.3 Å². The second-order valence-electron chi connectivity index (χ2n) is 10.2. The lowest BCUT2D eigenvalue weighted by molar-refractivity contribution is 0.00987. The average Bonchev–Trinajstić information content (AvgIpc) is 2.82. The van der Waals surface area contributed by atoms with E-state index in [-0.39, 0.29) is 6.61 Å². The van der Waals surface area contributed by atoms with E-state index in [4.69, 9.17) is 8.92 Å². The number of ether oxygens (including phenoxy) is 1. The van der Waals surface area contributed by atoms with Crippen molar-refractivity contribution in [3.05, 3.63) is 35.4 Å². The van der Waals surface area contributed by atoms with Crippen molar-refractivity contribution in [3.63, 3.8) is 0 Å². The van der Waals surface area contributed by atoms with Crippen LogP contribution in [0.25, 0.3) is 0 Å². The lowest BCUT2D eigenvalue weighted by Crippen LogP contribution is -2.40. The molecule has 1 aliphatic rings. The van der Waals surface area contributed by atoms with Crippen LogP contribution >= 0.6 is 0 Å². The van der Waals surface area contributed by atoms with Crippen LogP contribution in [0.3, 0.4) is 0 Å². The number of unbranched alkanes of at least 4 members (excludes halogenated alkanes) is 8. The molecule has 202 valence electrons. The number of benzene rings is 1. The Hall–Kier alpha value is -0.990. The topological polar surface area (TPSA) is 76.1 Å². The first kappa shape index (κ1) is 30.2. The van der Waals surface area contributed by atoms with Gasteiger partial charge >= 0.3 is 10.4 Å². The van der Waals surface area contributed by atoms with Gasteiger partial charge in [0.25, 0.3) is 0 Å². The van der Waals surface area contributed by atoms with Crippen LogP contribution in [0.2, 0.25) is 0 Å². The van der Waals surface area contributed by atoms with E-state index in [1.54, 1.807) is 0 Å². The van der Waals surface area contributed by atoms with Crippen LogP contribution in [0.1, 0.15) is 102 Å². The van der Waals surface area contributed by atoms with Crippen LogP contribution in [0, 0.1) is 5.92 Å². The molecule has 0 amide bonds. The minimum absolute atomic E-state index is 0.167. The highest BCUT2D eigenvalue weighted by Crippen LogP contribution is 2.21. The molecule has 0 saturated heterocycles. The van der Waals surface area contributed by atoms with Crippen molar-refractivity contribution < 1.29 is 21.9 Å². The minimum atomic E-state index is -4.54. The predicted octanol–water partition coefficient (Wildman–Crippen LogP) is 6.59. The zero-order valence-electron chi connectivity index (χ0n) is 22.1. The summed E-state index contributed by atoms with van der Waals surface area (Å²) in [6.07, 6.45) is 15.2. The molecular weight excluding hydrogens is 462 g/mol. The predicted molar refractivity (Wildman–Crippen MR) is 143 cm³/mol. The second kappa shape index (κ2) is 17.5. The highest BCUT2D eigenvalue weighted by molar-refractivity contribution is 7.80. The van der Waals surface area contributed by atoms with Crippen molar-refractivity contribution in [2.75, 3.05) is 26.3 Å². The maximum atomic E-state index is 11.5. The van der Waals surface area contributed by atoms with Gasteiger partial charge in [-0.15, -0.1) is 0 Å². The number of fused-ring (bicyclic) bond motifs is 1. The summed E-state index contributed by atoms with van der Waals surface area (Å²) in [6.45, 7) is 7.25. The monoisotopic (exact) mass is 511 g/mol. The van der Waals surface area contributed by atoms with Gasteiger partial charge in [-0.3, -0.25) is 9.45 Å². The number of hydrogen-bond acceptors (Lipinski definition) is 5. The molecule has 2 atom stereocenters. The highest BCUT2D eigenvalue weighted by atomic mass is 32.3. The Morgan fingerprint density at radius 2 is 1.49 bits per heavy atom. The van der Waals surface area contributed by atoms with Crippen molar-refractivity contribution in [1.82, 2.24) is 4.90 Å². The van der Waals surface area contributed by atoms with Crippen LogP contribution in [-0.4, -0.2) is 50.3 Å². The van der Waals surface area contributed by atoms with Crippen molar-refractivity contribution >= 4 is 10.4 Å². The Morgan fingerprint density at radius 1 is 0.886 bits per heavy atom. The summed E-state index contributed by atoms with van der Waals surface area (Å²) in [7, 11) is -4.54. The first-order chi connectivity index (χ1) is 16.9. The largest absolute Gasteiger partial charge is 0.397 e. The van der Waals surface area contributed by atoms with E-state index in [0.29, 0.717) is 19.1 Å². The normalized spacial score (nSPS) is 16.2. The van der Waals surface area contributed by atoms with Gasteiger partial charge in [-0.1, -0.05) is 102 Å². The number of nitrogens with zero attached hydrogens (tertiary/aromatic N) is 1. The van der Waals surface area contributed by atoms with Crippen molar-refractivity contribution in [3.8, 4) is 0 Å². The molecule has 6 nitrogen and oxygen atoms in total. The SMILES string of the molecule is CCCCCCCCC(CCCCCC)COCC(CN1CCc2ccccc2C1)OS(=O)(=O)O. The molecule has 0 spiro atoms. The molecular formula is C28H49NO5S. The van der Waals surface area contributed by atoms with E-state index in [1.807, 2.05) is 6.07 Å². The van der Waals surface area contributed by atoms with Gasteiger partial charge in [0, 0.05) is 26.2 Å². The number of hydrogen-bond donors (Lipinski definition) is 1. The smallest absolute Gasteiger partial charge is 0.378 e. The van der Waals surface area contributed by atoms with Gasteiger partial charge < -0.3 is 4.74 Å². The molecule has 2 unspecified atom stereocenters. The van der Waals surface area contributed by atoms with Crippen LogP contribution in [-0.2, 0) is 32.3 Å². The lowest BCUT2D eigenvalue weighted by Gasteiger charge is -2.31. The molecule has 0 bridgehead atoms. The quantitative estimate of drug-likeness (QED) is 0.157. The van der Waals surface area contributed by atoms with Gasteiger partial charge in [0.1, 0.15) is 6.10 Å². The van der Waals surface area contributed by atoms with E-state index in [1.165, 1.54) is 75.3 Å². The Balaban J connectivity index is 1.83. The summed E-state index contributed by atoms with van der Waals surface area (Å²) in [5, 5.41) is 0. The second-order valence-corrected chi connectivity index (χ2v) is 11.3. The molecule has 2 rings (SSSR count). The summed E-state index contributed by atoms with van der Waals surface area (Å²) < 4.78 is 43.4. The summed E-state index contributed by atoms with van der Waals surface area (Å²) in [4.78, 5) is 2.18. The fraction of sp³-hybridized carbons (Fsp3) is 0.786. The maximum Gasteiger partial charge on any atom is 0.397 e. The molecule has 7 heteroatoms. The molecule has 1 aromatic rings. The molecule has 1 aromatic carbocycles. The molecule has 1 N–H and O–H groups in total. The van der Waals surface area contributed by atoms with Gasteiger partial charge in [-0.2, -0.15) is 8.42 Å². The van der Waals surface area contributed by atoms with E-state index >= 15 is 0 Å². The van der Waals surface area contributed by atoms with Crippen LogP contribution < -0.4 is 0 Å². The summed E-state index contributed by atoms with van der Waals surface area (Å²) >= 11 is 0. The van der Waals surface area contributed by atoms with E-state index in [9.17, 15) is 13.0 Å². The molecule has 1 aliphatic heterocycles. The minimum Gasteiger partial charge on any atom is -0.378 e.